The molecule has 0 aromatic heterocycles. The number of carbonyl (C=O) groups is 1. The molecule has 7 nitrogen and oxygen atoms in total. The van der Waals surface area contributed by atoms with Gasteiger partial charge in [0.2, 0.25) is 5.75 Å². The van der Waals surface area contributed by atoms with E-state index in [1.807, 2.05) is 6.08 Å². The third-order valence-corrected chi connectivity index (χ3v) is 4.74. The van der Waals surface area contributed by atoms with E-state index < -0.39 is 12.7 Å². The highest BCUT2D eigenvalue weighted by atomic mass is 16.5. The Morgan fingerprint density at radius 2 is 1.79 bits per heavy atom. The van der Waals surface area contributed by atoms with Crippen LogP contribution in [-0.2, 0) is 0 Å². The van der Waals surface area contributed by atoms with Crippen LogP contribution in [0.1, 0.15) is 39.6 Å². The van der Waals surface area contributed by atoms with Crippen molar-refractivity contribution in [2.45, 2.75) is 12.5 Å². The van der Waals surface area contributed by atoms with Crippen molar-refractivity contribution in [1.82, 2.24) is 0 Å². The molecule has 0 saturated heterocycles. The van der Waals surface area contributed by atoms with E-state index in [1.165, 1.54) is 21.3 Å². The summed E-state index contributed by atoms with van der Waals surface area (Å²) in [5, 5.41) is 19.7. The molecule has 1 unspecified atom stereocenters. The van der Waals surface area contributed by atoms with Crippen LogP contribution in [0, 0.1) is 0 Å². The number of allylic oxidation sites excluding steroid dienone is 1. The Bertz CT molecular complexity index is 954. The molecule has 152 valence electrons. The Morgan fingerprint density at radius 3 is 2.31 bits per heavy atom. The molecule has 1 heterocycles. The van der Waals surface area contributed by atoms with Crippen molar-refractivity contribution in [3.8, 4) is 17.2 Å². The van der Waals surface area contributed by atoms with Crippen molar-refractivity contribution in [2.24, 2.45) is 4.99 Å². The summed E-state index contributed by atoms with van der Waals surface area (Å²) in [4.78, 5) is 17.7. The highest BCUT2D eigenvalue weighted by Gasteiger charge is 2.23. The summed E-state index contributed by atoms with van der Waals surface area (Å²) in [5.74, 6) is 0.724. The highest BCUT2D eigenvalue weighted by Crippen LogP contribution is 2.39. The van der Waals surface area contributed by atoms with E-state index >= 15 is 0 Å². The second kappa shape index (κ2) is 8.89. The minimum Gasteiger partial charge on any atom is -0.493 e. The zero-order valence-corrected chi connectivity index (χ0v) is 16.5. The fourth-order valence-electron chi connectivity index (χ4n) is 3.24. The number of aliphatic hydroxyl groups excluding tert-OH is 2. The first-order valence-electron chi connectivity index (χ1n) is 9.03. The number of aliphatic imine (C=N–C) groups is 1. The summed E-state index contributed by atoms with van der Waals surface area (Å²) in [6, 6.07) is 8.22. The third-order valence-electron chi connectivity index (χ3n) is 4.74. The second-order valence-corrected chi connectivity index (χ2v) is 6.41. The number of ketones is 1. The monoisotopic (exact) mass is 397 g/mol. The van der Waals surface area contributed by atoms with Gasteiger partial charge in [-0.15, -0.1) is 0 Å². The van der Waals surface area contributed by atoms with Gasteiger partial charge in [0.15, 0.2) is 17.3 Å². The van der Waals surface area contributed by atoms with Gasteiger partial charge in [-0.1, -0.05) is 18.2 Å². The lowest BCUT2D eigenvalue weighted by Gasteiger charge is -2.17. The molecule has 1 atom stereocenters. The van der Waals surface area contributed by atoms with Gasteiger partial charge in [0.05, 0.1) is 33.6 Å². The van der Waals surface area contributed by atoms with Gasteiger partial charge in [0, 0.05) is 23.7 Å². The van der Waals surface area contributed by atoms with Crippen molar-refractivity contribution >= 4 is 11.5 Å². The second-order valence-electron chi connectivity index (χ2n) is 6.41. The minimum absolute atomic E-state index is 0.271. The molecule has 1 aliphatic rings. The van der Waals surface area contributed by atoms with Gasteiger partial charge in [-0.05, 0) is 29.3 Å². The number of carbonyl (C=O) groups excluding carboxylic acids is 1. The number of aliphatic hydroxyl groups is 2. The van der Waals surface area contributed by atoms with E-state index in [0.29, 0.717) is 34.8 Å². The molecular weight excluding hydrogens is 374 g/mol. The van der Waals surface area contributed by atoms with Crippen molar-refractivity contribution in [3.63, 3.8) is 0 Å². The Balaban J connectivity index is 2.13. The lowest BCUT2D eigenvalue weighted by atomic mass is 9.92. The molecular formula is C22H23NO6. The lowest BCUT2D eigenvalue weighted by Crippen LogP contribution is -2.13. The van der Waals surface area contributed by atoms with Crippen LogP contribution in [0.5, 0.6) is 17.2 Å². The fraction of sp³-hybridized carbons (Fsp3) is 0.273. The van der Waals surface area contributed by atoms with Crippen LogP contribution in [0.15, 0.2) is 47.6 Å². The Morgan fingerprint density at radius 1 is 1.10 bits per heavy atom. The number of benzene rings is 2. The molecule has 2 N–H and O–H groups in total. The molecule has 0 fully saturated rings. The van der Waals surface area contributed by atoms with E-state index in [4.69, 9.17) is 14.2 Å². The van der Waals surface area contributed by atoms with E-state index in [1.54, 1.807) is 36.5 Å². The first kappa shape index (κ1) is 20.6. The number of nitrogens with zero attached hydrogens (tertiary/aromatic N) is 1. The summed E-state index contributed by atoms with van der Waals surface area (Å²) in [6.45, 7) is -0.503. The summed E-state index contributed by atoms with van der Waals surface area (Å²) in [5.41, 5.74) is 2.51. The topological polar surface area (TPSA) is 97.6 Å². The summed E-state index contributed by atoms with van der Waals surface area (Å²) >= 11 is 0. The molecule has 0 amide bonds. The average molecular weight is 397 g/mol. The molecule has 2 aromatic rings. The largest absolute Gasteiger partial charge is 0.493 e. The first-order valence-corrected chi connectivity index (χ1v) is 9.03. The fourth-order valence-corrected chi connectivity index (χ4v) is 3.24. The van der Waals surface area contributed by atoms with Gasteiger partial charge >= 0.3 is 0 Å². The predicted octanol–water partition coefficient (Wildman–Crippen LogP) is 2.68. The van der Waals surface area contributed by atoms with Crippen LogP contribution in [0.2, 0.25) is 0 Å². The van der Waals surface area contributed by atoms with Crippen molar-refractivity contribution < 1.29 is 29.2 Å². The number of rotatable bonds is 8. The SMILES string of the molecule is COc1cc(C(=O)c2cc(C3=NC=CC3)ccc2C(O)CO)cc(OC)c1OC. The normalized spacial score (nSPS) is 13.8. The quantitative estimate of drug-likeness (QED) is 0.665. The van der Waals surface area contributed by atoms with Gasteiger partial charge < -0.3 is 24.4 Å². The maximum absolute atomic E-state index is 13.4. The van der Waals surface area contributed by atoms with Crippen LogP contribution in [-0.4, -0.2) is 49.6 Å². The Hall–Kier alpha value is -3.16. The van der Waals surface area contributed by atoms with Crippen molar-refractivity contribution in [1.29, 1.82) is 0 Å². The van der Waals surface area contributed by atoms with E-state index in [-0.39, 0.29) is 11.3 Å². The standard InChI is InChI=1S/C22H23NO6/c1-27-19-10-14(11-20(28-2)22(19)29-3)21(26)16-9-13(17-5-4-8-23-17)6-7-15(16)18(25)12-24/h4,6-11,18,24-25H,5,12H2,1-3H3. The zero-order valence-electron chi connectivity index (χ0n) is 16.5. The van der Waals surface area contributed by atoms with Gasteiger partial charge in [0.25, 0.3) is 0 Å². The Kier molecular flexibility index (Phi) is 6.31. The summed E-state index contributed by atoms with van der Waals surface area (Å²) in [7, 11) is 4.42. The molecule has 3 rings (SSSR count). The predicted molar refractivity (Wildman–Crippen MR) is 108 cm³/mol. The van der Waals surface area contributed by atoms with Gasteiger partial charge in [-0.2, -0.15) is 0 Å². The number of ether oxygens (including phenoxy) is 3. The van der Waals surface area contributed by atoms with Crippen LogP contribution in [0.4, 0.5) is 0 Å². The molecule has 7 heteroatoms. The smallest absolute Gasteiger partial charge is 0.203 e. The maximum Gasteiger partial charge on any atom is 0.203 e. The molecule has 1 aliphatic heterocycles. The van der Waals surface area contributed by atoms with Gasteiger partial charge in [-0.3, -0.25) is 9.79 Å². The molecule has 0 aliphatic carbocycles. The third kappa shape index (κ3) is 4.01. The highest BCUT2D eigenvalue weighted by molar-refractivity contribution is 6.12. The summed E-state index contributed by atoms with van der Waals surface area (Å²) in [6.07, 6.45) is 3.12. The first-order chi connectivity index (χ1) is 14.0. The number of hydrogen-bond donors (Lipinski definition) is 2. The minimum atomic E-state index is -1.19. The van der Waals surface area contributed by atoms with Gasteiger partial charge in [-0.25, -0.2) is 0 Å². The van der Waals surface area contributed by atoms with Crippen molar-refractivity contribution in [2.75, 3.05) is 27.9 Å². The molecule has 0 spiro atoms. The molecule has 29 heavy (non-hydrogen) atoms. The molecule has 2 aromatic carbocycles. The maximum atomic E-state index is 13.4. The molecule has 0 bridgehead atoms. The zero-order chi connectivity index (χ0) is 21.0. The van der Waals surface area contributed by atoms with Crippen LogP contribution >= 0.6 is 0 Å². The molecule has 0 radical (unpaired) electrons. The van der Waals surface area contributed by atoms with E-state index in [9.17, 15) is 15.0 Å². The Labute approximate surface area is 168 Å². The van der Waals surface area contributed by atoms with Crippen molar-refractivity contribution in [3.05, 3.63) is 64.9 Å². The number of hydrogen-bond acceptors (Lipinski definition) is 7. The average Bonchev–Trinajstić information content (AvgIpc) is 3.31. The summed E-state index contributed by atoms with van der Waals surface area (Å²) < 4.78 is 16.0. The number of methoxy groups -OCH3 is 3. The van der Waals surface area contributed by atoms with E-state index in [2.05, 4.69) is 4.99 Å². The van der Waals surface area contributed by atoms with Gasteiger partial charge in [0.1, 0.15) is 6.10 Å². The van der Waals surface area contributed by atoms with E-state index in [0.717, 1.165) is 11.3 Å². The van der Waals surface area contributed by atoms with Crippen LogP contribution < -0.4 is 14.2 Å². The lowest BCUT2D eigenvalue weighted by molar-refractivity contribution is 0.0918. The van der Waals surface area contributed by atoms with Crippen LogP contribution in [0.3, 0.4) is 0 Å². The van der Waals surface area contributed by atoms with Crippen LogP contribution in [0.25, 0.3) is 0 Å². The molecule has 0 saturated carbocycles.